The third-order valence-corrected chi connectivity index (χ3v) is 4.58. The van der Waals surface area contributed by atoms with Gasteiger partial charge in [-0.25, -0.2) is 0 Å². The Kier molecular flexibility index (Phi) is 2.86. The van der Waals surface area contributed by atoms with Gasteiger partial charge in [-0.2, -0.15) is 0 Å². The molecule has 1 heteroatoms. The predicted molar refractivity (Wildman–Crippen MR) is 84.0 cm³/mol. The van der Waals surface area contributed by atoms with Gasteiger partial charge in [-0.3, -0.25) is 4.79 Å². The van der Waals surface area contributed by atoms with Crippen LogP contribution < -0.4 is 0 Å². The number of Topliss-reactive ketones (excluding diaryl/α,β-unsaturated/α-hetero) is 1. The van der Waals surface area contributed by atoms with Crippen molar-refractivity contribution in [2.75, 3.05) is 0 Å². The number of fused-ring (bicyclic) bond motifs is 1. The van der Waals surface area contributed by atoms with Crippen LogP contribution >= 0.6 is 0 Å². The Balaban J connectivity index is 2.26. The van der Waals surface area contributed by atoms with Crippen LogP contribution in [-0.2, 0) is 0 Å². The summed E-state index contributed by atoms with van der Waals surface area (Å²) in [5.41, 5.74) is 8.69. The molecule has 0 heterocycles. The Morgan fingerprint density at radius 1 is 0.750 bits per heavy atom. The van der Waals surface area contributed by atoms with E-state index in [-0.39, 0.29) is 5.78 Å². The van der Waals surface area contributed by atoms with Gasteiger partial charge in [0.05, 0.1) is 0 Å². The van der Waals surface area contributed by atoms with Crippen LogP contribution in [0.3, 0.4) is 0 Å². The Hall–Kier alpha value is -2.15. The molecule has 0 spiro atoms. The molecule has 1 aliphatic carbocycles. The molecule has 0 atom stereocenters. The molecule has 0 amide bonds. The lowest BCUT2D eigenvalue weighted by molar-refractivity contribution is 0.105. The van der Waals surface area contributed by atoms with Gasteiger partial charge in [0.15, 0.2) is 5.78 Å². The van der Waals surface area contributed by atoms with E-state index in [4.69, 9.17) is 0 Å². The fraction of sp³-hybridized carbons (Fsp3) is 0.211. The van der Waals surface area contributed by atoms with Crippen LogP contribution in [0.2, 0.25) is 0 Å². The summed E-state index contributed by atoms with van der Waals surface area (Å²) in [5.74, 6) is 0.162. The van der Waals surface area contributed by atoms with Gasteiger partial charge in [-0.05, 0) is 67.2 Å². The van der Waals surface area contributed by atoms with E-state index in [1.54, 1.807) is 0 Å². The van der Waals surface area contributed by atoms with Crippen LogP contribution in [0.25, 0.3) is 11.6 Å². The van der Waals surface area contributed by atoms with Gasteiger partial charge in [0, 0.05) is 11.1 Å². The van der Waals surface area contributed by atoms with Gasteiger partial charge < -0.3 is 0 Å². The minimum absolute atomic E-state index is 0.162. The van der Waals surface area contributed by atoms with Crippen LogP contribution in [0, 0.1) is 27.7 Å². The lowest BCUT2D eigenvalue weighted by atomic mass is 9.89. The van der Waals surface area contributed by atoms with Gasteiger partial charge in [0.25, 0.3) is 0 Å². The third kappa shape index (κ3) is 1.66. The van der Waals surface area contributed by atoms with Gasteiger partial charge in [-0.15, -0.1) is 0 Å². The zero-order valence-electron chi connectivity index (χ0n) is 12.4. The summed E-state index contributed by atoms with van der Waals surface area (Å²) >= 11 is 0. The Morgan fingerprint density at radius 2 is 1.35 bits per heavy atom. The molecule has 1 nitrogen and oxygen atoms in total. The first kappa shape index (κ1) is 12.9. The predicted octanol–water partition coefficient (Wildman–Crippen LogP) is 4.66. The Labute approximate surface area is 120 Å². The van der Waals surface area contributed by atoms with E-state index in [1.165, 1.54) is 16.7 Å². The van der Waals surface area contributed by atoms with Crippen LogP contribution in [-0.4, -0.2) is 5.78 Å². The Bertz CT molecular complexity index is 749. The molecule has 0 unspecified atom stereocenters. The summed E-state index contributed by atoms with van der Waals surface area (Å²) in [6, 6.07) is 9.92. The number of benzene rings is 2. The van der Waals surface area contributed by atoms with Gasteiger partial charge in [0.2, 0.25) is 0 Å². The maximum absolute atomic E-state index is 12.8. The van der Waals surface area contributed by atoms with E-state index in [9.17, 15) is 4.79 Å². The first-order chi connectivity index (χ1) is 9.52. The fourth-order valence-corrected chi connectivity index (χ4v) is 2.99. The second-order valence-corrected chi connectivity index (χ2v) is 5.54. The van der Waals surface area contributed by atoms with Gasteiger partial charge >= 0.3 is 0 Å². The highest BCUT2D eigenvalue weighted by Crippen LogP contribution is 2.38. The highest BCUT2D eigenvalue weighted by atomic mass is 16.1. The summed E-state index contributed by atoms with van der Waals surface area (Å²) in [5, 5.41) is 0. The zero-order valence-corrected chi connectivity index (χ0v) is 12.4. The normalized spacial score (nSPS) is 13.4. The molecule has 0 saturated carbocycles. The van der Waals surface area contributed by atoms with Crippen LogP contribution in [0.15, 0.2) is 30.3 Å². The van der Waals surface area contributed by atoms with E-state index < -0.39 is 0 Å². The average Bonchev–Trinajstić information content (AvgIpc) is 2.81. The SMILES string of the molecule is Cc1c(C)c(C)c2c(c1C)C=C(c1ccccc1)C2=O. The van der Waals surface area contributed by atoms with Crippen LogP contribution in [0.5, 0.6) is 0 Å². The molecular weight excluding hydrogens is 244 g/mol. The number of hydrogen-bond donors (Lipinski definition) is 0. The van der Waals surface area contributed by atoms with Crippen molar-refractivity contribution in [3.63, 3.8) is 0 Å². The summed E-state index contributed by atoms with van der Waals surface area (Å²) in [4.78, 5) is 12.8. The minimum Gasteiger partial charge on any atom is -0.289 e. The smallest absolute Gasteiger partial charge is 0.194 e. The average molecular weight is 262 g/mol. The second-order valence-electron chi connectivity index (χ2n) is 5.54. The van der Waals surface area contributed by atoms with E-state index >= 15 is 0 Å². The number of allylic oxidation sites excluding steroid dienone is 1. The number of ketones is 1. The van der Waals surface area contributed by atoms with Gasteiger partial charge in [-0.1, -0.05) is 30.3 Å². The Morgan fingerprint density at radius 3 is 2.00 bits per heavy atom. The van der Waals surface area contributed by atoms with E-state index in [1.807, 2.05) is 30.3 Å². The maximum Gasteiger partial charge on any atom is 0.194 e. The van der Waals surface area contributed by atoms with Crippen molar-refractivity contribution in [3.8, 4) is 0 Å². The molecule has 0 radical (unpaired) electrons. The lowest BCUT2D eigenvalue weighted by Crippen LogP contribution is -2.05. The standard InChI is InChI=1S/C19H18O/c1-11-12(2)14(4)18-16(13(11)3)10-17(19(18)20)15-8-6-5-7-9-15/h5-10H,1-4H3. The first-order valence-electron chi connectivity index (χ1n) is 6.94. The molecule has 0 N–H and O–H groups in total. The van der Waals surface area contributed by atoms with Crippen molar-refractivity contribution in [1.82, 2.24) is 0 Å². The van der Waals surface area contributed by atoms with Crippen LogP contribution in [0.1, 0.15) is 43.7 Å². The summed E-state index contributed by atoms with van der Waals surface area (Å²) in [6.45, 7) is 8.40. The van der Waals surface area contributed by atoms with E-state index in [0.717, 1.165) is 27.8 Å². The minimum atomic E-state index is 0.162. The maximum atomic E-state index is 12.8. The zero-order chi connectivity index (χ0) is 14.4. The molecule has 100 valence electrons. The second kappa shape index (κ2) is 4.45. The van der Waals surface area contributed by atoms with E-state index in [0.29, 0.717) is 0 Å². The quantitative estimate of drug-likeness (QED) is 0.730. The number of carbonyl (C=O) groups is 1. The van der Waals surface area contributed by atoms with Crippen molar-refractivity contribution in [1.29, 1.82) is 0 Å². The molecule has 2 aromatic carbocycles. The monoisotopic (exact) mass is 262 g/mol. The van der Waals surface area contributed by atoms with Crippen LogP contribution in [0.4, 0.5) is 0 Å². The topological polar surface area (TPSA) is 17.1 Å². The summed E-state index contributed by atoms with van der Waals surface area (Å²) in [7, 11) is 0. The summed E-state index contributed by atoms with van der Waals surface area (Å²) < 4.78 is 0. The highest BCUT2D eigenvalue weighted by molar-refractivity contribution is 6.38. The number of rotatable bonds is 1. The molecule has 0 aromatic heterocycles. The number of carbonyl (C=O) groups excluding carboxylic acids is 1. The molecule has 0 aliphatic heterocycles. The number of hydrogen-bond acceptors (Lipinski definition) is 1. The molecule has 3 rings (SSSR count). The molecule has 0 bridgehead atoms. The van der Waals surface area contributed by atoms with Crippen molar-refractivity contribution in [3.05, 3.63) is 69.3 Å². The fourth-order valence-electron chi connectivity index (χ4n) is 2.99. The van der Waals surface area contributed by atoms with Crippen molar-refractivity contribution < 1.29 is 4.79 Å². The first-order valence-corrected chi connectivity index (χ1v) is 6.94. The lowest BCUT2D eigenvalue weighted by Gasteiger charge is -2.14. The molecule has 20 heavy (non-hydrogen) atoms. The molecule has 0 saturated heterocycles. The molecule has 0 fully saturated rings. The van der Waals surface area contributed by atoms with Crippen molar-refractivity contribution in [2.45, 2.75) is 27.7 Å². The molecule has 1 aliphatic rings. The van der Waals surface area contributed by atoms with E-state index in [2.05, 4.69) is 33.8 Å². The third-order valence-electron chi connectivity index (χ3n) is 4.58. The summed E-state index contributed by atoms with van der Waals surface area (Å²) in [6.07, 6.45) is 2.06. The highest BCUT2D eigenvalue weighted by Gasteiger charge is 2.28. The van der Waals surface area contributed by atoms with Crippen molar-refractivity contribution >= 4 is 17.4 Å². The van der Waals surface area contributed by atoms with Gasteiger partial charge in [0.1, 0.15) is 0 Å². The van der Waals surface area contributed by atoms with Crippen molar-refractivity contribution in [2.24, 2.45) is 0 Å². The molecular formula is C19H18O. The molecule has 2 aromatic rings. The largest absolute Gasteiger partial charge is 0.289 e.